The third kappa shape index (κ3) is 2.24. The van der Waals surface area contributed by atoms with Crippen molar-refractivity contribution in [3.63, 3.8) is 0 Å². The summed E-state index contributed by atoms with van der Waals surface area (Å²) in [5.41, 5.74) is 0.690. The van der Waals surface area contributed by atoms with Crippen LogP contribution >= 0.6 is 0 Å². The lowest BCUT2D eigenvalue weighted by Gasteiger charge is -2.60. The molecule has 1 heteroatoms. The summed E-state index contributed by atoms with van der Waals surface area (Å²) in [6.45, 7) is 8.22. The Morgan fingerprint density at radius 2 is 1.50 bits per heavy atom. The summed E-state index contributed by atoms with van der Waals surface area (Å²) in [6, 6.07) is 0.802. The van der Waals surface area contributed by atoms with Crippen LogP contribution in [-0.4, -0.2) is 12.6 Å². The fourth-order valence-electron chi connectivity index (χ4n) is 5.87. The van der Waals surface area contributed by atoms with E-state index in [1.165, 1.54) is 6.42 Å². The summed E-state index contributed by atoms with van der Waals surface area (Å²) >= 11 is 0. The van der Waals surface area contributed by atoms with Crippen molar-refractivity contribution in [2.24, 2.45) is 29.1 Å². The number of hydrogen-bond donors (Lipinski definition) is 1. The molecule has 0 spiro atoms. The van der Waals surface area contributed by atoms with Gasteiger partial charge in [-0.3, -0.25) is 0 Å². The molecule has 4 fully saturated rings. The second-order valence-electron chi connectivity index (χ2n) is 8.02. The molecule has 1 unspecified atom stereocenters. The molecule has 4 rings (SSSR count). The second-order valence-corrected chi connectivity index (χ2v) is 8.02. The van der Waals surface area contributed by atoms with Gasteiger partial charge in [-0.05, 0) is 80.6 Å². The summed E-state index contributed by atoms with van der Waals surface area (Å²) in [5, 5.41) is 3.87. The largest absolute Gasteiger partial charge is 0.314 e. The van der Waals surface area contributed by atoms with Gasteiger partial charge < -0.3 is 5.32 Å². The molecule has 104 valence electrons. The average Bonchev–Trinajstić information content (AvgIpc) is 2.26. The standard InChI is InChI=1S/C17H31N/c1-4-18-16(5-12(2)3)17-9-13-6-14(10-17)8-15(7-13)11-17/h12-16,18H,4-11H2,1-3H3. The molecule has 4 bridgehead atoms. The fourth-order valence-corrected chi connectivity index (χ4v) is 5.87. The molecule has 1 N–H and O–H groups in total. The molecule has 4 aliphatic rings. The van der Waals surface area contributed by atoms with E-state index in [1.807, 2.05) is 0 Å². The molecule has 0 aromatic heterocycles. The quantitative estimate of drug-likeness (QED) is 0.769. The van der Waals surface area contributed by atoms with Crippen molar-refractivity contribution in [1.29, 1.82) is 0 Å². The zero-order valence-electron chi connectivity index (χ0n) is 12.5. The van der Waals surface area contributed by atoms with E-state index in [1.54, 1.807) is 38.5 Å². The molecule has 4 saturated carbocycles. The van der Waals surface area contributed by atoms with Crippen LogP contribution in [0.3, 0.4) is 0 Å². The van der Waals surface area contributed by atoms with Crippen LogP contribution in [0.4, 0.5) is 0 Å². The van der Waals surface area contributed by atoms with Crippen molar-refractivity contribution < 1.29 is 0 Å². The molecular weight excluding hydrogens is 218 g/mol. The minimum atomic E-state index is 0.690. The third-order valence-corrected chi connectivity index (χ3v) is 5.98. The summed E-state index contributed by atoms with van der Waals surface area (Å²) in [4.78, 5) is 0. The molecule has 4 aliphatic carbocycles. The highest BCUT2D eigenvalue weighted by Crippen LogP contribution is 2.61. The zero-order valence-corrected chi connectivity index (χ0v) is 12.5. The van der Waals surface area contributed by atoms with Gasteiger partial charge in [0, 0.05) is 6.04 Å². The molecule has 0 aromatic rings. The predicted octanol–water partition coefficient (Wildman–Crippen LogP) is 4.23. The van der Waals surface area contributed by atoms with E-state index in [9.17, 15) is 0 Å². The van der Waals surface area contributed by atoms with Gasteiger partial charge in [-0.2, -0.15) is 0 Å². The number of rotatable bonds is 5. The predicted molar refractivity (Wildman–Crippen MR) is 77.5 cm³/mol. The highest BCUT2D eigenvalue weighted by molar-refractivity contribution is 5.06. The molecule has 0 amide bonds. The zero-order chi connectivity index (χ0) is 12.8. The van der Waals surface area contributed by atoms with Gasteiger partial charge in [0.15, 0.2) is 0 Å². The van der Waals surface area contributed by atoms with Crippen molar-refractivity contribution in [2.45, 2.75) is 71.8 Å². The Morgan fingerprint density at radius 1 is 1.00 bits per heavy atom. The van der Waals surface area contributed by atoms with E-state index < -0.39 is 0 Å². The Labute approximate surface area is 113 Å². The van der Waals surface area contributed by atoms with E-state index >= 15 is 0 Å². The Morgan fingerprint density at radius 3 is 1.89 bits per heavy atom. The van der Waals surface area contributed by atoms with Gasteiger partial charge in [-0.25, -0.2) is 0 Å². The summed E-state index contributed by atoms with van der Waals surface area (Å²) in [5.74, 6) is 4.10. The number of hydrogen-bond acceptors (Lipinski definition) is 1. The van der Waals surface area contributed by atoms with E-state index in [2.05, 4.69) is 26.1 Å². The smallest absolute Gasteiger partial charge is 0.0126 e. The van der Waals surface area contributed by atoms with Gasteiger partial charge in [0.1, 0.15) is 0 Å². The van der Waals surface area contributed by atoms with Crippen molar-refractivity contribution in [3.8, 4) is 0 Å². The van der Waals surface area contributed by atoms with Crippen molar-refractivity contribution in [1.82, 2.24) is 5.32 Å². The fraction of sp³-hybridized carbons (Fsp3) is 1.00. The van der Waals surface area contributed by atoms with Gasteiger partial charge in [-0.15, -0.1) is 0 Å². The lowest BCUT2D eigenvalue weighted by atomic mass is 9.47. The van der Waals surface area contributed by atoms with Crippen LogP contribution in [0.2, 0.25) is 0 Å². The summed E-state index contributed by atoms with van der Waals surface area (Å²) in [7, 11) is 0. The van der Waals surface area contributed by atoms with Crippen LogP contribution in [0.25, 0.3) is 0 Å². The van der Waals surface area contributed by atoms with Crippen LogP contribution in [0.5, 0.6) is 0 Å². The van der Waals surface area contributed by atoms with Gasteiger partial charge in [0.05, 0.1) is 0 Å². The van der Waals surface area contributed by atoms with E-state index in [4.69, 9.17) is 0 Å². The average molecular weight is 249 g/mol. The Kier molecular flexibility index (Phi) is 3.47. The van der Waals surface area contributed by atoms with Crippen molar-refractivity contribution in [3.05, 3.63) is 0 Å². The highest BCUT2D eigenvalue weighted by atomic mass is 14.9. The van der Waals surface area contributed by atoms with Crippen molar-refractivity contribution in [2.75, 3.05) is 6.54 Å². The molecular formula is C17H31N. The van der Waals surface area contributed by atoms with Crippen LogP contribution in [0.1, 0.15) is 65.7 Å². The molecule has 0 aromatic carbocycles. The first-order valence-electron chi connectivity index (χ1n) is 8.34. The van der Waals surface area contributed by atoms with Gasteiger partial charge >= 0.3 is 0 Å². The topological polar surface area (TPSA) is 12.0 Å². The lowest BCUT2D eigenvalue weighted by molar-refractivity contribution is -0.0768. The van der Waals surface area contributed by atoms with Crippen LogP contribution < -0.4 is 5.32 Å². The number of nitrogens with one attached hydrogen (secondary N) is 1. The molecule has 0 radical (unpaired) electrons. The summed E-state index contributed by atoms with van der Waals surface area (Å²) < 4.78 is 0. The van der Waals surface area contributed by atoms with E-state index in [0.717, 1.165) is 36.3 Å². The minimum Gasteiger partial charge on any atom is -0.314 e. The monoisotopic (exact) mass is 249 g/mol. The summed E-state index contributed by atoms with van der Waals surface area (Å²) in [6.07, 6.45) is 10.7. The first-order valence-corrected chi connectivity index (χ1v) is 8.34. The molecule has 0 heterocycles. The van der Waals surface area contributed by atoms with Gasteiger partial charge in [0.25, 0.3) is 0 Å². The van der Waals surface area contributed by atoms with Crippen LogP contribution in [0.15, 0.2) is 0 Å². The minimum absolute atomic E-state index is 0.690. The Balaban J connectivity index is 1.79. The molecule has 1 atom stereocenters. The first-order chi connectivity index (χ1) is 8.61. The highest BCUT2D eigenvalue weighted by Gasteiger charge is 2.53. The van der Waals surface area contributed by atoms with Crippen molar-refractivity contribution >= 4 is 0 Å². The maximum absolute atomic E-state index is 3.87. The first kappa shape index (κ1) is 13.0. The Bertz CT molecular complexity index is 259. The second kappa shape index (κ2) is 4.81. The van der Waals surface area contributed by atoms with Gasteiger partial charge in [0.2, 0.25) is 0 Å². The normalized spacial score (nSPS) is 43.7. The maximum Gasteiger partial charge on any atom is 0.0126 e. The van der Waals surface area contributed by atoms with Gasteiger partial charge in [-0.1, -0.05) is 20.8 Å². The molecule has 0 saturated heterocycles. The lowest BCUT2D eigenvalue weighted by Crippen LogP contribution is -2.56. The maximum atomic E-state index is 3.87. The Hall–Kier alpha value is -0.0400. The third-order valence-electron chi connectivity index (χ3n) is 5.98. The van der Waals surface area contributed by atoms with E-state index in [-0.39, 0.29) is 0 Å². The molecule has 1 nitrogen and oxygen atoms in total. The van der Waals surface area contributed by atoms with E-state index in [0.29, 0.717) is 5.41 Å². The van der Waals surface area contributed by atoms with Crippen LogP contribution in [-0.2, 0) is 0 Å². The molecule has 0 aliphatic heterocycles. The SMILES string of the molecule is CCNC(CC(C)C)C12CC3CC(CC(C3)C1)C2. The van der Waals surface area contributed by atoms with Crippen LogP contribution in [0, 0.1) is 29.1 Å². The molecule has 18 heavy (non-hydrogen) atoms.